The van der Waals surface area contributed by atoms with Crippen LogP contribution in [0.15, 0.2) is 42.5 Å². The zero-order valence-corrected chi connectivity index (χ0v) is 13.4. The zero-order chi connectivity index (χ0) is 17.2. The SMILES string of the molecule is CC(C)(O)C#Cc1ccc(C(=O)Nc2ccc3c(c2)OCO3)cc1. The minimum atomic E-state index is -1.05. The second-order valence-electron chi connectivity index (χ2n) is 5.91. The van der Waals surface area contributed by atoms with Crippen molar-refractivity contribution in [2.45, 2.75) is 19.4 Å². The molecule has 5 heteroatoms. The average Bonchev–Trinajstić information content (AvgIpc) is 3.00. The molecule has 0 fully saturated rings. The van der Waals surface area contributed by atoms with Crippen LogP contribution in [0.4, 0.5) is 5.69 Å². The van der Waals surface area contributed by atoms with Crippen LogP contribution >= 0.6 is 0 Å². The number of hydrogen-bond acceptors (Lipinski definition) is 4. The molecule has 0 radical (unpaired) electrons. The van der Waals surface area contributed by atoms with Gasteiger partial charge in [-0.25, -0.2) is 0 Å². The van der Waals surface area contributed by atoms with E-state index in [2.05, 4.69) is 17.2 Å². The van der Waals surface area contributed by atoms with Crippen molar-refractivity contribution < 1.29 is 19.4 Å². The Morgan fingerprint density at radius 2 is 1.83 bits per heavy atom. The molecule has 5 nitrogen and oxygen atoms in total. The molecule has 0 aromatic heterocycles. The summed E-state index contributed by atoms with van der Waals surface area (Å²) in [5.74, 6) is 6.66. The molecule has 0 unspecified atom stereocenters. The lowest BCUT2D eigenvalue weighted by Gasteiger charge is -2.07. The Bertz CT molecular complexity index is 823. The monoisotopic (exact) mass is 323 g/mol. The Labute approximate surface area is 140 Å². The highest BCUT2D eigenvalue weighted by Crippen LogP contribution is 2.34. The third kappa shape index (κ3) is 3.86. The van der Waals surface area contributed by atoms with Gasteiger partial charge in [-0.2, -0.15) is 0 Å². The molecule has 2 N–H and O–H groups in total. The van der Waals surface area contributed by atoms with Gasteiger partial charge in [0, 0.05) is 22.9 Å². The molecule has 2 aromatic carbocycles. The van der Waals surface area contributed by atoms with Crippen molar-refractivity contribution in [3.05, 3.63) is 53.6 Å². The first kappa shape index (κ1) is 15.9. The third-order valence-corrected chi connectivity index (χ3v) is 3.29. The van der Waals surface area contributed by atoms with Crippen molar-refractivity contribution in [1.82, 2.24) is 0 Å². The summed E-state index contributed by atoms with van der Waals surface area (Å²) in [5, 5.41) is 12.4. The van der Waals surface area contributed by atoms with Crippen LogP contribution < -0.4 is 14.8 Å². The fourth-order valence-corrected chi connectivity index (χ4v) is 2.11. The molecule has 1 aliphatic rings. The molecular formula is C19H17NO4. The quantitative estimate of drug-likeness (QED) is 0.834. The van der Waals surface area contributed by atoms with Crippen molar-refractivity contribution in [2.24, 2.45) is 0 Å². The highest BCUT2D eigenvalue weighted by molar-refractivity contribution is 6.04. The first-order valence-corrected chi connectivity index (χ1v) is 7.47. The van der Waals surface area contributed by atoms with Crippen LogP contribution in [-0.4, -0.2) is 23.4 Å². The fraction of sp³-hybridized carbons (Fsp3) is 0.211. The summed E-state index contributed by atoms with van der Waals surface area (Å²) >= 11 is 0. The van der Waals surface area contributed by atoms with Gasteiger partial charge in [0.2, 0.25) is 6.79 Å². The van der Waals surface area contributed by atoms with Crippen molar-refractivity contribution in [1.29, 1.82) is 0 Å². The normalized spacial score (nSPS) is 12.3. The number of nitrogens with one attached hydrogen (secondary N) is 1. The molecule has 2 aromatic rings. The highest BCUT2D eigenvalue weighted by Gasteiger charge is 2.14. The minimum absolute atomic E-state index is 0.194. The largest absolute Gasteiger partial charge is 0.454 e. The van der Waals surface area contributed by atoms with Crippen LogP contribution in [0.2, 0.25) is 0 Å². The second kappa shape index (κ2) is 6.26. The van der Waals surface area contributed by atoms with Gasteiger partial charge in [-0.1, -0.05) is 11.8 Å². The lowest BCUT2D eigenvalue weighted by molar-refractivity contribution is 0.102. The molecule has 1 aliphatic heterocycles. The van der Waals surface area contributed by atoms with E-state index in [1.165, 1.54) is 0 Å². The molecule has 1 heterocycles. The summed E-state index contributed by atoms with van der Waals surface area (Å²) in [6, 6.07) is 12.1. The van der Waals surface area contributed by atoms with Gasteiger partial charge in [0.1, 0.15) is 5.60 Å². The maximum Gasteiger partial charge on any atom is 0.255 e. The Hall–Kier alpha value is -2.97. The maximum atomic E-state index is 12.3. The van der Waals surface area contributed by atoms with Crippen molar-refractivity contribution in [3.63, 3.8) is 0 Å². The number of carbonyl (C=O) groups excluding carboxylic acids is 1. The van der Waals surface area contributed by atoms with Gasteiger partial charge in [0.15, 0.2) is 11.5 Å². The number of aliphatic hydroxyl groups is 1. The topological polar surface area (TPSA) is 67.8 Å². The first-order chi connectivity index (χ1) is 11.4. The van der Waals surface area contributed by atoms with Crippen LogP contribution in [0, 0.1) is 11.8 Å². The minimum Gasteiger partial charge on any atom is -0.454 e. The molecule has 1 amide bonds. The molecule has 0 bridgehead atoms. The van der Waals surface area contributed by atoms with E-state index >= 15 is 0 Å². The number of anilines is 1. The summed E-state index contributed by atoms with van der Waals surface area (Å²) < 4.78 is 10.5. The van der Waals surface area contributed by atoms with E-state index in [0.717, 1.165) is 5.56 Å². The van der Waals surface area contributed by atoms with Crippen LogP contribution in [-0.2, 0) is 0 Å². The molecule has 0 saturated heterocycles. The molecule has 122 valence electrons. The summed E-state index contributed by atoms with van der Waals surface area (Å²) in [6.45, 7) is 3.43. The summed E-state index contributed by atoms with van der Waals surface area (Å²) in [6.07, 6.45) is 0. The number of fused-ring (bicyclic) bond motifs is 1. The Balaban J connectivity index is 1.70. The summed E-state index contributed by atoms with van der Waals surface area (Å²) in [4.78, 5) is 12.3. The molecular weight excluding hydrogens is 306 g/mol. The Morgan fingerprint density at radius 3 is 2.54 bits per heavy atom. The number of ether oxygens (including phenoxy) is 2. The predicted molar refractivity (Wildman–Crippen MR) is 90.1 cm³/mol. The molecule has 0 aliphatic carbocycles. The van der Waals surface area contributed by atoms with Crippen molar-refractivity contribution >= 4 is 11.6 Å². The van der Waals surface area contributed by atoms with Crippen molar-refractivity contribution in [3.8, 4) is 23.3 Å². The second-order valence-corrected chi connectivity index (χ2v) is 5.91. The van der Waals surface area contributed by atoms with Gasteiger partial charge in [0.05, 0.1) is 0 Å². The van der Waals surface area contributed by atoms with E-state index in [1.807, 2.05) is 0 Å². The van der Waals surface area contributed by atoms with E-state index in [4.69, 9.17) is 9.47 Å². The van der Waals surface area contributed by atoms with Gasteiger partial charge in [-0.15, -0.1) is 0 Å². The molecule has 0 spiro atoms. The van der Waals surface area contributed by atoms with E-state index in [9.17, 15) is 9.90 Å². The van der Waals surface area contributed by atoms with Gasteiger partial charge in [-0.05, 0) is 50.2 Å². The van der Waals surface area contributed by atoms with E-state index < -0.39 is 5.60 Å². The smallest absolute Gasteiger partial charge is 0.255 e. The van der Waals surface area contributed by atoms with E-state index in [1.54, 1.807) is 56.3 Å². The third-order valence-electron chi connectivity index (χ3n) is 3.29. The standard InChI is InChI=1S/C19H17NO4/c1-19(2,22)10-9-13-3-5-14(6-4-13)18(21)20-15-7-8-16-17(11-15)24-12-23-16/h3-8,11,22H,12H2,1-2H3,(H,20,21). The first-order valence-electron chi connectivity index (χ1n) is 7.47. The number of carbonyl (C=O) groups is 1. The molecule has 3 rings (SSSR count). The number of benzene rings is 2. The van der Waals surface area contributed by atoms with Gasteiger partial charge in [-0.3, -0.25) is 4.79 Å². The molecule has 0 atom stereocenters. The van der Waals surface area contributed by atoms with Gasteiger partial charge >= 0.3 is 0 Å². The van der Waals surface area contributed by atoms with Crippen LogP contribution in [0.5, 0.6) is 11.5 Å². The van der Waals surface area contributed by atoms with E-state index in [-0.39, 0.29) is 12.7 Å². The lowest BCUT2D eigenvalue weighted by atomic mass is 10.1. The molecule has 24 heavy (non-hydrogen) atoms. The summed E-state index contributed by atoms with van der Waals surface area (Å²) in [5.41, 5.74) is 0.837. The number of amides is 1. The Morgan fingerprint density at radius 1 is 1.12 bits per heavy atom. The Kier molecular flexibility index (Phi) is 4.15. The molecule has 0 saturated carbocycles. The number of rotatable bonds is 2. The van der Waals surface area contributed by atoms with Crippen molar-refractivity contribution in [2.75, 3.05) is 12.1 Å². The average molecular weight is 323 g/mol. The van der Waals surface area contributed by atoms with Gasteiger partial charge < -0.3 is 19.9 Å². The fourth-order valence-electron chi connectivity index (χ4n) is 2.11. The highest BCUT2D eigenvalue weighted by atomic mass is 16.7. The lowest BCUT2D eigenvalue weighted by Crippen LogP contribution is -2.14. The predicted octanol–water partition coefficient (Wildman–Crippen LogP) is 2.79. The van der Waals surface area contributed by atoms with Crippen LogP contribution in [0.3, 0.4) is 0 Å². The zero-order valence-electron chi connectivity index (χ0n) is 13.4. The summed E-state index contributed by atoms with van der Waals surface area (Å²) in [7, 11) is 0. The van der Waals surface area contributed by atoms with Crippen LogP contribution in [0.25, 0.3) is 0 Å². The maximum absolute atomic E-state index is 12.3. The van der Waals surface area contributed by atoms with E-state index in [0.29, 0.717) is 22.7 Å². The van der Waals surface area contributed by atoms with Crippen LogP contribution in [0.1, 0.15) is 29.8 Å². The van der Waals surface area contributed by atoms with Gasteiger partial charge in [0.25, 0.3) is 5.91 Å². The number of hydrogen-bond donors (Lipinski definition) is 2.